The summed E-state index contributed by atoms with van der Waals surface area (Å²) in [6.45, 7) is 7.09. The van der Waals surface area contributed by atoms with Crippen LogP contribution in [0.3, 0.4) is 0 Å². The van der Waals surface area contributed by atoms with Crippen molar-refractivity contribution in [3.05, 3.63) is 22.5 Å². The zero-order chi connectivity index (χ0) is 16.9. The van der Waals surface area contributed by atoms with E-state index in [2.05, 4.69) is 10.3 Å². The normalized spacial score (nSPS) is 12.0. The predicted molar refractivity (Wildman–Crippen MR) is 83.3 cm³/mol. The molecule has 0 aliphatic heterocycles. The molecule has 0 fully saturated rings. The summed E-state index contributed by atoms with van der Waals surface area (Å²) in [4.78, 5) is 38.0. The standard InChI is InChI=1S/C16H24N2O4/c1-5-7-11(16(21)22)8-17-15(20)14-12(6-2)13(10(4)19)9(3)18-14/h11,18H,5-8H2,1-4H3,(H,17,20)(H,21,22). The van der Waals surface area contributed by atoms with Crippen molar-refractivity contribution >= 4 is 17.7 Å². The predicted octanol–water partition coefficient (Wildman–Crippen LogP) is 2.32. The van der Waals surface area contributed by atoms with E-state index < -0.39 is 11.9 Å². The molecule has 0 radical (unpaired) electrons. The Labute approximate surface area is 130 Å². The SMILES string of the molecule is CCCC(CNC(=O)c1[nH]c(C)c(C(C)=O)c1CC)C(=O)O. The zero-order valence-corrected chi connectivity index (χ0v) is 13.6. The highest BCUT2D eigenvalue weighted by Crippen LogP contribution is 2.20. The highest BCUT2D eigenvalue weighted by atomic mass is 16.4. The van der Waals surface area contributed by atoms with Crippen molar-refractivity contribution in [1.29, 1.82) is 0 Å². The Morgan fingerprint density at radius 3 is 2.36 bits per heavy atom. The van der Waals surface area contributed by atoms with Gasteiger partial charge in [-0.1, -0.05) is 20.3 Å². The van der Waals surface area contributed by atoms with Gasteiger partial charge in [0.15, 0.2) is 5.78 Å². The Balaban J connectivity index is 2.92. The molecule has 0 saturated heterocycles. The number of carboxylic acid groups (broad SMARTS) is 1. The van der Waals surface area contributed by atoms with Crippen molar-refractivity contribution in [2.45, 2.75) is 47.0 Å². The van der Waals surface area contributed by atoms with Crippen LogP contribution in [-0.2, 0) is 11.2 Å². The van der Waals surface area contributed by atoms with Gasteiger partial charge in [0.1, 0.15) is 5.69 Å². The monoisotopic (exact) mass is 308 g/mol. The Hall–Kier alpha value is -2.11. The van der Waals surface area contributed by atoms with Gasteiger partial charge in [0, 0.05) is 17.8 Å². The molecule has 6 nitrogen and oxygen atoms in total. The number of carbonyl (C=O) groups is 3. The first-order valence-electron chi connectivity index (χ1n) is 7.56. The van der Waals surface area contributed by atoms with Crippen molar-refractivity contribution < 1.29 is 19.5 Å². The van der Waals surface area contributed by atoms with Gasteiger partial charge in [0.2, 0.25) is 0 Å². The van der Waals surface area contributed by atoms with Crippen LogP contribution in [0, 0.1) is 12.8 Å². The second-order valence-corrected chi connectivity index (χ2v) is 5.42. The lowest BCUT2D eigenvalue weighted by atomic mass is 10.0. The number of hydrogen-bond acceptors (Lipinski definition) is 3. The van der Waals surface area contributed by atoms with Crippen LogP contribution >= 0.6 is 0 Å². The number of aromatic amines is 1. The number of amides is 1. The van der Waals surface area contributed by atoms with E-state index >= 15 is 0 Å². The zero-order valence-electron chi connectivity index (χ0n) is 13.6. The average Bonchev–Trinajstić information content (AvgIpc) is 2.79. The highest BCUT2D eigenvalue weighted by Gasteiger charge is 2.23. The molecule has 1 unspecified atom stereocenters. The molecule has 22 heavy (non-hydrogen) atoms. The smallest absolute Gasteiger partial charge is 0.308 e. The van der Waals surface area contributed by atoms with Crippen molar-refractivity contribution in [1.82, 2.24) is 10.3 Å². The minimum Gasteiger partial charge on any atom is -0.481 e. The molecule has 0 spiro atoms. The molecule has 0 aromatic carbocycles. The summed E-state index contributed by atoms with van der Waals surface area (Å²) in [5.74, 6) is -1.96. The summed E-state index contributed by atoms with van der Waals surface area (Å²) in [6.07, 6.45) is 1.81. The van der Waals surface area contributed by atoms with E-state index in [1.807, 2.05) is 13.8 Å². The van der Waals surface area contributed by atoms with Gasteiger partial charge in [-0.25, -0.2) is 0 Å². The van der Waals surface area contributed by atoms with Crippen molar-refractivity contribution in [2.24, 2.45) is 5.92 Å². The minimum atomic E-state index is -0.912. The molecule has 0 aliphatic rings. The lowest BCUT2D eigenvalue weighted by molar-refractivity contribution is -0.141. The first-order chi connectivity index (χ1) is 10.3. The first kappa shape index (κ1) is 17.9. The Morgan fingerprint density at radius 2 is 1.91 bits per heavy atom. The molecule has 1 atom stereocenters. The molecular formula is C16H24N2O4. The first-order valence-corrected chi connectivity index (χ1v) is 7.56. The van der Waals surface area contributed by atoms with E-state index in [-0.39, 0.29) is 18.2 Å². The average molecular weight is 308 g/mol. The maximum absolute atomic E-state index is 12.3. The lowest BCUT2D eigenvalue weighted by Gasteiger charge is -2.12. The second-order valence-electron chi connectivity index (χ2n) is 5.42. The third-order valence-electron chi connectivity index (χ3n) is 3.72. The van der Waals surface area contributed by atoms with Crippen LogP contribution in [0.4, 0.5) is 0 Å². The van der Waals surface area contributed by atoms with Gasteiger partial charge < -0.3 is 15.4 Å². The number of rotatable bonds is 8. The van der Waals surface area contributed by atoms with Crippen LogP contribution in [0.15, 0.2) is 0 Å². The maximum Gasteiger partial charge on any atom is 0.308 e. The summed E-state index contributed by atoms with van der Waals surface area (Å²) in [5, 5.41) is 11.8. The van der Waals surface area contributed by atoms with Gasteiger partial charge in [0.25, 0.3) is 5.91 Å². The largest absolute Gasteiger partial charge is 0.481 e. The Bertz CT molecular complexity index is 575. The fourth-order valence-electron chi connectivity index (χ4n) is 2.67. The number of Topliss-reactive ketones (excluding diaryl/α,β-unsaturated/α-hetero) is 1. The number of ketones is 1. The lowest BCUT2D eigenvalue weighted by Crippen LogP contribution is -2.33. The summed E-state index contributed by atoms with van der Waals surface area (Å²) in [5.41, 5.74) is 2.25. The number of nitrogens with one attached hydrogen (secondary N) is 2. The fraction of sp³-hybridized carbons (Fsp3) is 0.562. The molecule has 0 aliphatic carbocycles. The van der Waals surface area contributed by atoms with E-state index in [0.29, 0.717) is 35.4 Å². The van der Waals surface area contributed by atoms with Crippen LogP contribution in [-0.4, -0.2) is 34.3 Å². The number of carboxylic acids is 1. The molecule has 1 rings (SSSR count). The molecule has 1 aromatic heterocycles. The van der Waals surface area contributed by atoms with Crippen molar-refractivity contribution in [3.8, 4) is 0 Å². The van der Waals surface area contributed by atoms with E-state index in [9.17, 15) is 14.4 Å². The number of aliphatic carboxylic acids is 1. The highest BCUT2D eigenvalue weighted by molar-refractivity contribution is 6.02. The van der Waals surface area contributed by atoms with Crippen LogP contribution < -0.4 is 5.32 Å². The third-order valence-corrected chi connectivity index (χ3v) is 3.72. The molecule has 1 aromatic rings. The topological polar surface area (TPSA) is 99.3 Å². The van der Waals surface area contributed by atoms with Gasteiger partial charge in [-0.2, -0.15) is 0 Å². The van der Waals surface area contributed by atoms with E-state index in [1.54, 1.807) is 6.92 Å². The number of H-pyrrole nitrogens is 1. The van der Waals surface area contributed by atoms with Crippen LogP contribution in [0.2, 0.25) is 0 Å². The number of carbonyl (C=O) groups excluding carboxylic acids is 2. The van der Waals surface area contributed by atoms with E-state index in [0.717, 1.165) is 6.42 Å². The summed E-state index contributed by atoms with van der Waals surface area (Å²) >= 11 is 0. The van der Waals surface area contributed by atoms with Crippen molar-refractivity contribution in [2.75, 3.05) is 6.54 Å². The quantitative estimate of drug-likeness (QED) is 0.642. The van der Waals surface area contributed by atoms with Gasteiger partial charge >= 0.3 is 5.97 Å². The van der Waals surface area contributed by atoms with Crippen LogP contribution in [0.25, 0.3) is 0 Å². The fourth-order valence-corrected chi connectivity index (χ4v) is 2.67. The van der Waals surface area contributed by atoms with Crippen molar-refractivity contribution in [3.63, 3.8) is 0 Å². The molecule has 122 valence electrons. The Kier molecular flexibility index (Phi) is 6.34. The molecule has 3 N–H and O–H groups in total. The molecule has 1 amide bonds. The van der Waals surface area contributed by atoms with Gasteiger partial charge in [-0.05, 0) is 32.3 Å². The number of hydrogen-bond donors (Lipinski definition) is 3. The minimum absolute atomic E-state index is 0.0820. The summed E-state index contributed by atoms with van der Waals surface area (Å²) in [6, 6.07) is 0. The molecule has 0 saturated carbocycles. The van der Waals surface area contributed by atoms with Crippen LogP contribution in [0.5, 0.6) is 0 Å². The molecule has 6 heteroatoms. The Morgan fingerprint density at radius 1 is 1.27 bits per heavy atom. The van der Waals surface area contributed by atoms with Gasteiger partial charge in [0.05, 0.1) is 5.92 Å². The summed E-state index contributed by atoms with van der Waals surface area (Å²) in [7, 11) is 0. The molecule has 1 heterocycles. The molecular weight excluding hydrogens is 284 g/mol. The van der Waals surface area contributed by atoms with E-state index in [1.165, 1.54) is 6.92 Å². The molecule has 0 bridgehead atoms. The van der Waals surface area contributed by atoms with Gasteiger partial charge in [-0.15, -0.1) is 0 Å². The third kappa shape index (κ3) is 3.96. The second kappa shape index (κ2) is 7.77. The van der Waals surface area contributed by atoms with Crippen LogP contribution in [0.1, 0.15) is 65.7 Å². The van der Waals surface area contributed by atoms with Gasteiger partial charge in [-0.3, -0.25) is 14.4 Å². The van der Waals surface area contributed by atoms with E-state index in [4.69, 9.17) is 5.11 Å². The summed E-state index contributed by atoms with van der Waals surface area (Å²) < 4.78 is 0. The maximum atomic E-state index is 12.3. The number of aromatic nitrogens is 1. The number of aryl methyl sites for hydroxylation is 1.